The van der Waals surface area contributed by atoms with Crippen LogP contribution in [0.5, 0.6) is 5.75 Å². The number of hydrogen-bond acceptors (Lipinski definition) is 4. The molecule has 0 spiro atoms. The molecule has 1 aliphatic rings. The molecular weight excluding hydrogens is 421 g/mol. The lowest BCUT2D eigenvalue weighted by molar-refractivity contribution is -0.665. The molecule has 2 N–H and O–H groups in total. The maximum absolute atomic E-state index is 12.5. The van der Waals surface area contributed by atoms with Crippen LogP contribution in [0.15, 0.2) is 24.3 Å². The van der Waals surface area contributed by atoms with Gasteiger partial charge in [0.15, 0.2) is 0 Å². The molecule has 1 aliphatic heterocycles. The highest BCUT2D eigenvalue weighted by Gasteiger charge is 2.35. The summed E-state index contributed by atoms with van der Waals surface area (Å²) in [7, 11) is 0. The molecule has 0 bridgehead atoms. The predicted molar refractivity (Wildman–Crippen MR) is 99.4 cm³/mol. The van der Waals surface area contributed by atoms with E-state index in [4.69, 9.17) is 9.47 Å². The van der Waals surface area contributed by atoms with E-state index in [1.165, 1.54) is 0 Å². The van der Waals surface area contributed by atoms with E-state index in [-0.39, 0.29) is 15.9 Å². The van der Waals surface area contributed by atoms with Crippen LogP contribution in [0.4, 0.5) is 0 Å². The Morgan fingerprint density at radius 3 is 2.58 bits per heavy atom. The Bertz CT molecular complexity index is 594. The molecule has 1 aromatic carbocycles. The number of esters is 2. The van der Waals surface area contributed by atoms with Crippen molar-refractivity contribution in [1.29, 1.82) is 0 Å². The fourth-order valence-corrected chi connectivity index (χ4v) is 3.01. The van der Waals surface area contributed by atoms with Crippen LogP contribution >= 0.6 is 22.6 Å². The smallest absolute Gasteiger partial charge is 0.338 e. The van der Waals surface area contributed by atoms with E-state index < -0.39 is 5.60 Å². The molecule has 0 radical (unpaired) electrons. The van der Waals surface area contributed by atoms with Crippen molar-refractivity contribution in [2.24, 2.45) is 5.92 Å². The van der Waals surface area contributed by atoms with E-state index in [9.17, 15) is 9.59 Å². The molecule has 0 aliphatic carbocycles. The van der Waals surface area contributed by atoms with Crippen LogP contribution in [0.1, 0.15) is 44.0 Å². The third-order valence-electron chi connectivity index (χ3n) is 4.39. The minimum atomic E-state index is -0.505. The van der Waals surface area contributed by atoms with Gasteiger partial charge in [0.05, 0.1) is 18.7 Å². The second kappa shape index (κ2) is 8.29. The summed E-state index contributed by atoms with van der Waals surface area (Å²) in [4.78, 5) is 24.2. The van der Waals surface area contributed by atoms with Crippen LogP contribution in [0, 0.1) is 5.92 Å². The summed E-state index contributed by atoms with van der Waals surface area (Å²) in [5.74, 6) is 0.0187. The molecule has 0 amide bonds. The summed E-state index contributed by atoms with van der Waals surface area (Å²) in [5.41, 5.74) is -0.105. The van der Waals surface area contributed by atoms with Crippen molar-refractivity contribution >= 4 is 34.5 Å². The first kappa shape index (κ1) is 19.2. The van der Waals surface area contributed by atoms with Gasteiger partial charge in [-0.25, -0.2) is 4.79 Å². The zero-order valence-corrected chi connectivity index (χ0v) is 16.5. The van der Waals surface area contributed by atoms with Gasteiger partial charge in [0.25, 0.3) is 0 Å². The lowest BCUT2D eigenvalue weighted by atomic mass is 9.83. The van der Waals surface area contributed by atoms with Gasteiger partial charge in [-0.2, -0.15) is 0 Å². The normalized spacial score (nSPS) is 17.2. The van der Waals surface area contributed by atoms with Gasteiger partial charge < -0.3 is 14.8 Å². The standard InChI is InChI=1S/C18H24INO4/c1-12(19)16(21)23-15-6-4-5-13(11-15)17(22)24-18(2,3)14-7-9-20-10-8-14/h4-6,11-12,14,20H,7-10H2,1-3H3/p+1. The van der Waals surface area contributed by atoms with Gasteiger partial charge in [-0.1, -0.05) is 28.7 Å². The fraction of sp³-hybridized carbons (Fsp3) is 0.556. The van der Waals surface area contributed by atoms with E-state index in [1.54, 1.807) is 31.2 Å². The largest absolute Gasteiger partial charge is 0.456 e. The fourth-order valence-electron chi connectivity index (χ4n) is 2.89. The first-order valence-electron chi connectivity index (χ1n) is 8.30. The molecule has 0 aromatic heterocycles. The van der Waals surface area contributed by atoms with Crippen molar-refractivity contribution in [3.05, 3.63) is 29.8 Å². The molecule has 1 heterocycles. The Labute approximate surface area is 156 Å². The minimum Gasteiger partial charge on any atom is -0.456 e. The van der Waals surface area contributed by atoms with Crippen molar-refractivity contribution in [2.45, 2.75) is 43.1 Å². The number of rotatable bonds is 5. The molecule has 0 saturated carbocycles. The molecule has 2 rings (SSSR count). The number of carbonyl (C=O) groups is 2. The van der Waals surface area contributed by atoms with Gasteiger partial charge in [0.1, 0.15) is 15.3 Å². The Balaban J connectivity index is 2.05. The van der Waals surface area contributed by atoms with Gasteiger partial charge in [-0.15, -0.1) is 0 Å². The summed E-state index contributed by atoms with van der Waals surface area (Å²) in [6.07, 6.45) is 2.09. The van der Waals surface area contributed by atoms with Crippen molar-refractivity contribution in [2.75, 3.05) is 13.1 Å². The molecule has 1 saturated heterocycles. The molecule has 1 aromatic rings. The predicted octanol–water partition coefficient (Wildman–Crippen LogP) is 2.32. The second-order valence-electron chi connectivity index (χ2n) is 6.70. The number of hydrogen-bond donors (Lipinski definition) is 1. The van der Waals surface area contributed by atoms with Crippen LogP contribution in [-0.2, 0) is 9.53 Å². The summed E-state index contributed by atoms with van der Waals surface area (Å²) in [6, 6.07) is 6.59. The van der Waals surface area contributed by atoms with Crippen LogP contribution in [0.2, 0.25) is 0 Å². The zero-order valence-electron chi connectivity index (χ0n) is 14.4. The van der Waals surface area contributed by atoms with Gasteiger partial charge >= 0.3 is 11.9 Å². The highest BCUT2D eigenvalue weighted by Crippen LogP contribution is 2.29. The molecule has 24 heavy (non-hydrogen) atoms. The first-order valence-corrected chi connectivity index (χ1v) is 9.55. The number of alkyl halides is 1. The number of nitrogens with two attached hydrogens (primary N) is 1. The van der Waals surface area contributed by atoms with Gasteiger partial charge in [-0.3, -0.25) is 4.79 Å². The van der Waals surface area contributed by atoms with E-state index in [2.05, 4.69) is 5.32 Å². The summed E-state index contributed by atoms with van der Waals surface area (Å²) in [5, 5.41) is 2.29. The van der Waals surface area contributed by atoms with E-state index in [0.717, 1.165) is 25.9 Å². The number of piperidine rings is 1. The molecule has 6 heteroatoms. The van der Waals surface area contributed by atoms with Crippen LogP contribution in [0.3, 0.4) is 0 Å². The molecule has 5 nitrogen and oxygen atoms in total. The summed E-state index contributed by atoms with van der Waals surface area (Å²) in [6.45, 7) is 7.85. The molecule has 1 unspecified atom stereocenters. The van der Waals surface area contributed by atoms with Crippen LogP contribution < -0.4 is 10.1 Å². The molecule has 1 atom stereocenters. The minimum absolute atomic E-state index is 0.250. The maximum atomic E-state index is 12.5. The lowest BCUT2D eigenvalue weighted by Gasteiger charge is -2.35. The quantitative estimate of drug-likeness (QED) is 0.326. The number of carbonyl (C=O) groups excluding carboxylic acids is 2. The van der Waals surface area contributed by atoms with Crippen molar-refractivity contribution < 1.29 is 24.4 Å². The number of halogens is 1. The highest BCUT2D eigenvalue weighted by molar-refractivity contribution is 14.1. The van der Waals surface area contributed by atoms with Gasteiger partial charge in [0.2, 0.25) is 0 Å². The third kappa shape index (κ3) is 5.17. The Kier molecular flexibility index (Phi) is 6.62. The molecular formula is C18H25INO4+. The zero-order chi connectivity index (χ0) is 17.7. The Morgan fingerprint density at radius 1 is 1.29 bits per heavy atom. The molecule has 132 valence electrons. The Hall–Kier alpha value is -1.15. The third-order valence-corrected chi connectivity index (χ3v) is 4.90. The molecule has 1 fully saturated rings. The SMILES string of the molecule is CC(I)C(=O)Oc1cccc(C(=O)OC(C)(C)C2CC[NH2+]CC2)c1. The maximum Gasteiger partial charge on any atom is 0.338 e. The summed E-state index contributed by atoms with van der Waals surface area (Å²) < 4.78 is 10.8. The average molecular weight is 446 g/mol. The van der Waals surface area contributed by atoms with Gasteiger partial charge in [0, 0.05) is 18.8 Å². The van der Waals surface area contributed by atoms with Crippen LogP contribution in [-0.4, -0.2) is 34.6 Å². The number of benzene rings is 1. The summed E-state index contributed by atoms with van der Waals surface area (Å²) >= 11 is 1.99. The second-order valence-corrected chi connectivity index (χ2v) is 8.57. The monoisotopic (exact) mass is 446 g/mol. The number of ether oxygens (including phenoxy) is 2. The van der Waals surface area contributed by atoms with E-state index in [0.29, 0.717) is 17.2 Å². The van der Waals surface area contributed by atoms with E-state index >= 15 is 0 Å². The lowest BCUT2D eigenvalue weighted by Crippen LogP contribution is -2.86. The van der Waals surface area contributed by atoms with Crippen LogP contribution in [0.25, 0.3) is 0 Å². The average Bonchev–Trinajstić information content (AvgIpc) is 2.55. The van der Waals surface area contributed by atoms with Crippen molar-refractivity contribution in [3.8, 4) is 5.75 Å². The Morgan fingerprint density at radius 2 is 1.96 bits per heavy atom. The number of quaternary nitrogens is 1. The first-order chi connectivity index (χ1) is 11.3. The highest BCUT2D eigenvalue weighted by atomic mass is 127. The topological polar surface area (TPSA) is 69.2 Å². The van der Waals surface area contributed by atoms with Crippen molar-refractivity contribution in [3.63, 3.8) is 0 Å². The van der Waals surface area contributed by atoms with Crippen molar-refractivity contribution in [1.82, 2.24) is 0 Å². The van der Waals surface area contributed by atoms with Gasteiger partial charge in [-0.05, 0) is 39.0 Å². The van der Waals surface area contributed by atoms with E-state index in [1.807, 2.05) is 36.4 Å².